The molecule has 0 radical (unpaired) electrons. The maximum atomic E-state index is 13.4. The SMILES string of the molecule is COc1cccc(C2C(C(=O)Nc3ccccc3C)=C(C)Nc3nnnn32)c1OC. The normalized spacial score (nSPS) is 15.3. The molecule has 4 rings (SSSR count). The number of nitrogens with one attached hydrogen (secondary N) is 2. The quantitative estimate of drug-likeness (QED) is 0.671. The summed E-state index contributed by atoms with van der Waals surface area (Å²) in [6.07, 6.45) is 0. The molecule has 1 amide bonds. The van der Waals surface area contributed by atoms with Crippen molar-refractivity contribution in [3.8, 4) is 11.5 Å². The number of aryl methyl sites for hydroxylation is 1. The lowest BCUT2D eigenvalue weighted by Crippen LogP contribution is -2.32. The summed E-state index contributed by atoms with van der Waals surface area (Å²) in [7, 11) is 3.13. The molecule has 30 heavy (non-hydrogen) atoms. The Morgan fingerprint density at radius 3 is 2.63 bits per heavy atom. The number of rotatable bonds is 5. The van der Waals surface area contributed by atoms with E-state index in [4.69, 9.17) is 9.47 Å². The molecular weight excluding hydrogens is 384 g/mol. The zero-order valence-corrected chi connectivity index (χ0v) is 17.1. The number of hydrogen-bond donors (Lipinski definition) is 2. The van der Waals surface area contributed by atoms with Gasteiger partial charge >= 0.3 is 0 Å². The molecule has 1 atom stereocenters. The molecule has 9 heteroatoms. The predicted octanol–water partition coefficient (Wildman–Crippen LogP) is 2.93. The lowest BCUT2D eigenvalue weighted by atomic mass is 9.93. The first-order valence-corrected chi connectivity index (χ1v) is 9.38. The molecule has 2 aromatic carbocycles. The predicted molar refractivity (Wildman–Crippen MR) is 112 cm³/mol. The molecule has 1 aliphatic rings. The van der Waals surface area contributed by atoms with Crippen LogP contribution in [0.5, 0.6) is 11.5 Å². The molecule has 1 unspecified atom stereocenters. The number of fused-ring (bicyclic) bond motifs is 1. The number of tetrazole rings is 1. The molecule has 1 aliphatic heterocycles. The summed E-state index contributed by atoms with van der Waals surface area (Å²) in [6, 6.07) is 12.5. The second kappa shape index (κ2) is 7.86. The van der Waals surface area contributed by atoms with E-state index in [1.54, 1.807) is 25.0 Å². The lowest BCUT2D eigenvalue weighted by Gasteiger charge is -2.29. The molecule has 2 N–H and O–H groups in total. The van der Waals surface area contributed by atoms with Crippen LogP contribution in [0.2, 0.25) is 0 Å². The van der Waals surface area contributed by atoms with Gasteiger partial charge in [-0.25, -0.2) is 0 Å². The van der Waals surface area contributed by atoms with Crippen LogP contribution in [-0.2, 0) is 4.79 Å². The van der Waals surface area contributed by atoms with Crippen LogP contribution in [0.1, 0.15) is 24.1 Å². The minimum Gasteiger partial charge on any atom is -0.493 e. The monoisotopic (exact) mass is 406 g/mol. The first kappa shape index (κ1) is 19.4. The van der Waals surface area contributed by atoms with Crippen LogP contribution in [-0.4, -0.2) is 40.3 Å². The van der Waals surface area contributed by atoms with Crippen LogP contribution < -0.4 is 20.1 Å². The third-order valence-electron chi connectivity index (χ3n) is 5.08. The van der Waals surface area contributed by atoms with E-state index in [2.05, 4.69) is 26.2 Å². The molecule has 0 fully saturated rings. The third kappa shape index (κ3) is 3.24. The summed E-state index contributed by atoms with van der Waals surface area (Å²) in [5, 5.41) is 18.0. The van der Waals surface area contributed by atoms with Gasteiger partial charge in [0.25, 0.3) is 5.91 Å². The van der Waals surface area contributed by atoms with Crippen LogP contribution in [0, 0.1) is 6.92 Å². The smallest absolute Gasteiger partial charge is 0.255 e. The number of carbonyl (C=O) groups excluding carboxylic acids is 1. The first-order chi connectivity index (χ1) is 14.5. The molecule has 0 saturated carbocycles. The Kier molecular flexibility index (Phi) is 5.09. The zero-order chi connectivity index (χ0) is 21.3. The fourth-order valence-electron chi connectivity index (χ4n) is 3.62. The van der Waals surface area contributed by atoms with E-state index >= 15 is 0 Å². The summed E-state index contributed by atoms with van der Waals surface area (Å²) in [5.74, 6) is 1.25. The molecule has 154 valence electrons. The van der Waals surface area contributed by atoms with Crippen LogP contribution in [0.3, 0.4) is 0 Å². The first-order valence-electron chi connectivity index (χ1n) is 9.38. The van der Waals surface area contributed by atoms with Crippen molar-refractivity contribution in [3.63, 3.8) is 0 Å². The number of methoxy groups -OCH3 is 2. The highest BCUT2D eigenvalue weighted by molar-refractivity contribution is 6.06. The van der Waals surface area contributed by atoms with Crippen molar-refractivity contribution < 1.29 is 14.3 Å². The highest BCUT2D eigenvalue weighted by atomic mass is 16.5. The number of carbonyl (C=O) groups is 1. The van der Waals surface area contributed by atoms with E-state index in [9.17, 15) is 4.79 Å². The molecule has 0 bridgehead atoms. The summed E-state index contributed by atoms with van der Waals surface area (Å²) >= 11 is 0. The Hall–Kier alpha value is -3.88. The number of allylic oxidation sites excluding steroid dienone is 1. The van der Waals surface area contributed by atoms with Crippen LogP contribution in [0.25, 0.3) is 0 Å². The van der Waals surface area contributed by atoms with E-state index in [1.165, 1.54) is 0 Å². The number of benzene rings is 2. The fourth-order valence-corrected chi connectivity index (χ4v) is 3.62. The van der Waals surface area contributed by atoms with Gasteiger partial charge in [0.05, 0.1) is 19.8 Å². The highest BCUT2D eigenvalue weighted by Crippen LogP contribution is 2.42. The van der Waals surface area contributed by atoms with Crippen molar-refractivity contribution in [2.45, 2.75) is 19.9 Å². The molecule has 2 heterocycles. The van der Waals surface area contributed by atoms with Gasteiger partial charge in [-0.2, -0.15) is 4.68 Å². The number of amides is 1. The van der Waals surface area contributed by atoms with Crippen molar-refractivity contribution in [2.24, 2.45) is 0 Å². The van der Waals surface area contributed by atoms with Gasteiger partial charge in [-0.3, -0.25) is 4.79 Å². The van der Waals surface area contributed by atoms with Crippen LogP contribution in [0.15, 0.2) is 53.7 Å². The number of ether oxygens (including phenoxy) is 2. The Labute approximate surface area is 173 Å². The lowest BCUT2D eigenvalue weighted by molar-refractivity contribution is -0.113. The molecule has 1 aromatic heterocycles. The van der Waals surface area contributed by atoms with Gasteiger partial charge in [0.2, 0.25) is 5.95 Å². The van der Waals surface area contributed by atoms with Gasteiger partial charge in [-0.15, -0.1) is 0 Å². The molecule has 0 saturated heterocycles. The van der Waals surface area contributed by atoms with Crippen molar-refractivity contribution in [2.75, 3.05) is 24.9 Å². The standard InChI is InChI=1S/C21H22N6O3/c1-12-8-5-6-10-15(12)23-20(28)17-13(2)22-21-24-25-26-27(21)18(17)14-9-7-11-16(29-3)19(14)30-4/h5-11,18H,1-4H3,(H,23,28)(H,22,24,26). The Morgan fingerprint density at radius 2 is 1.90 bits per heavy atom. The van der Waals surface area contributed by atoms with Gasteiger partial charge in [0.1, 0.15) is 6.04 Å². The summed E-state index contributed by atoms with van der Waals surface area (Å²) in [5.41, 5.74) is 3.54. The zero-order valence-electron chi connectivity index (χ0n) is 17.1. The van der Waals surface area contributed by atoms with Gasteiger partial charge in [-0.1, -0.05) is 35.4 Å². The molecule has 9 nitrogen and oxygen atoms in total. The second-order valence-electron chi connectivity index (χ2n) is 6.87. The van der Waals surface area contributed by atoms with Gasteiger partial charge < -0.3 is 20.1 Å². The molecule has 3 aromatic rings. The highest BCUT2D eigenvalue weighted by Gasteiger charge is 2.36. The average Bonchev–Trinajstić information content (AvgIpc) is 3.21. The maximum Gasteiger partial charge on any atom is 0.255 e. The van der Waals surface area contributed by atoms with Crippen molar-refractivity contribution in [3.05, 3.63) is 64.9 Å². The minimum absolute atomic E-state index is 0.259. The Balaban J connectivity index is 1.84. The Bertz CT molecular complexity index is 1140. The third-order valence-corrected chi connectivity index (χ3v) is 5.08. The largest absolute Gasteiger partial charge is 0.493 e. The van der Waals surface area contributed by atoms with E-state index in [1.807, 2.05) is 50.2 Å². The maximum absolute atomic E-state index is 13.4. The van der Waals surface area contributed by atoms with E-state index in [0.29, 0.717) is 34.3 Å². The number of aromatic nitrogens is 4. The van der Waals surface area contributed by atoms with Gasteiger partial charge in [-0.05, 0) is 42.0 Å². The number of hydrogen-bond acceptors (Lipinski definition) is 7. The summed E-state index contributed by atoms with van der Waals surface area (Å²) < 4.78 is 12.7. The topological polar surface area (TPSA) is 103 Å². The van der Waals surface area contributed by atoms with Crippen LogP contribution >= 0.6 is 0 Å². The number of para-hydroxylation sites is 2. The summed E-state index contributed by atoms with van der Waals surface area (Å²) in [6.45, 7) is 3.77. The van der Waals surface area contributed by atoms with E-state index < -0.39 is 6.04 Å². The fraction of sp³-hybridized carbons (Fsp3) is 0.238. The second-order valence-corrected chi connectivity index (χ2v) is 6.87. The number of anilines is 2. The average molecular weight is 406 g/mol. The molecule has 0 aliphatic carbocycles. The van der Waals surface area contributed by atoms with Crippen LogP contribution in [0.4, 0.5) is 11.6 Å². The molecule has 0 spiro atoms. The number of nitrogens with zero attached hydrogens (tertiary/aromatic N) is 4. The van der Waals surface area contributed by atoms with Gasteiger partial charge in [0, 0.05) is 16.9 Å². The van der Waals surface area contributed by atoms with Gasteiger partial charge in [0.15, 0.2) is 11.5 Å². The van der Waals surface area contributed by atoms with E-state index in [-0.39, 0.29) is 5.91 Å². The Morgan fingerprint density at radius 1 is 1.10 bits per heavy atom. The van der Waals surface area contributed by atoms with Crippen molar-refractivity contribution in [1.82, 2.24) is 20.2 Å². The van der Waals surface area contributed by atoms with Crippen molar-refractivity contribution >= 4 is 17.5 Å². The molecular formula is C21H22N6O3. The van der Waals surface area contributed by atoms with Crippen molar-refractivity contribution in [1.29, 1.82) is 0 Å². The summed E-state index contributed by atoms with van der Waals surface area (Å²) in [4.78, 5) is 13.4. The van der Waals surface area contributed by atoms with E-state index in [0.717, 1.165) is 11.3 Å². The minimum atomic E-state index is -0.606.